The lowest BCUT2D eigenvalue weighted by Gasteiger charge is -2.13. The van der Waals surface area contributed by atoms with Crippen LogP contribution >= 0.6 is 0 Å². The topological polar surface area (TPSA) is 34.1 Å². The van der Waals surface area contributed by atoms with Gasteiger partial charge in [0.2, 0.25) is 5.78 Å². The number of halogens is 6. The van der Waals surface area contributed by atoms with Crippen molar-refractivity contribution >= 4 is 12.1 Å². The Hall–Kier alpha value is -1.08. The van der Waals surface area contributed by atoms with E-state index < -0.39 is 36.8 Å². The standard InChI is InChI=1S/C6H4F6O2/c7-5(8,9)1-3(2-13)4(14)6(10,11)12/h2-3H,1H2. The number of ketones is 1. The molecular weight excluding hydrogens is 218 g/mol. The maximum Gasteiger partial charge on any atom is 0.450 e. The second-order valence-corrected chi connectivity index (χ2v) is 2.42. The molecule has 0 spiro atoms. The molecule has 8 heteroatoms. The van der Waals surface area contributed by atoms with Gasteiger partial charge in [-0.15, -0.1) is 0 Å². The van der Waals surface area contributed by atoms with Crippen LogP contribution in [0.15, 0.2) is 0 Å². The van der Waals surface area contributed by atoms with E-state index in [1.54, 1.807) is 0 Å². The highest BCUT2D eigenvalue weighted by Crippen LogP contribution is 2.29. The average Bonchev–Trinajstić information content (AvgIpc) is 1.95. The molecule has 14 heavy (non-hydrogen) atoms. The summed E-state index contributed by atoms with van der Waals surface area (Å²) in [6.07, 6.45) is -13.1. The average molecular weight is 222 g/mol. The molecule has 82 valence electrons. The van der Waals surface area contributed by atoms with Crippen LogP contribution in [0.2, 0.25) is 0 Å². The highest BCUT2D eigenvalue weighted by atomic mass is 19.4. The fraction of sp³-hybridized carbons (Fsp3) is 0.667. The van der Waals surface area contributed by atoms with Crippen molar-refractivity contribution in [2.45, 2.75) is 18.8 Å². The maximum absolute atomic E-state index is 11.6. The Morgan fingerprint density at radius 2 is 1.57 bits per heavy atom. The summed E-state index contributed by atoms with van der Waals surface area (Å²) in [6, 6.07) is 0. The molecule has 0 bridgehead atoms. The molecule has 0 aromatic rings. The van der Waals surface area contributed by atoms with Crippen LogP contribution in [0.3, 0.4) is 0 Å². The Bertz CT molecular complexity index is 227. The molecule has 1 unspecified atom stereocenters. The molecular formula is C6H4F6O2. The third kappa shape index (κ3) is 4.24. The molecule has 0 heterocycles. The molecule has 0 aromatic carbocycles. The van der Waals surface area contributed by atoms with Crippen molar-refractivity contribution < 1.29 is 35.9 Å². The first-order valence-corrected chi connectivity index (χ1v) is 3.21. The summed E-state index contributed by atoms with van der Waals surface area (Å²) in [5.41, 5.74) is 0. The van der Waals surface area contributed by atoms with Crippen LogP contribution in [-0.4, -0.2) is 24.4 Å². The number of carbonyl (C=O) groups excluding carboxylic acids is 2. The van der Waals surface area contributed by atoms with Crippen molar-refractivity contribution in [2.75, 3.05) is 0 Å². The normalized spacial score (nSPS) is 15.0. The minimum absolute atomic E-state index is 0.649. The zero-order chi connectivity index (χ0) is 11.6. The van der Waals surface area contributed by atoms with Crippen LogP contribution in [0.4, 0.5) is 26.3 Å². The summed E-state index contributed by atoms with van der Waals surface area (Å²) < 4.78 is 69.4. The third-order valence-electron chi connectivity index (χ3n) is 1.23. The van der Waals surface area contributed by atoms with E-state index in [0.717, 1.165) is 0 Å². The molecule has 0 aliphatic rings. The van der Waals surface area contributed by atoms with Gasteiger partial charge in [-0.1, -0.05) is 0 Å². The second-order valence-electron chi connectivity index (χ2n) is 2.42. The summed E-state index contributed by atoms with van der Waals surface area (Å²) in [6.45, 7) is 0. The van der Waals surface area contributed by atoms with Crippen LogP contribution in [0.5, 0.6) is 0 Å². The number of rotatable bonds is 3. The van der Waals surface area contributed by atoms with Gasteiger partial charge >= 0.3 is 12.4 Å². The molecule has 0 aromatic heterocycles. The van der Waals surface area contributed by atoms with Gasteiger partial charge in [-0.3, -0.25) is 4.79 Å². The van der Waals surface area contributed by atoms with Gasteiger partial charge in [0.25, 0.3) is 0 Å². The fourth-order valence-corrected chi connectivity index (χ4v) is 0.662. The lowest BCUT2D eigenvalue weighted by molar-refractivity contribution is -0.185. The fourth-order valence-electron chi connectivity index (χ4n) is 0.662. The molecule has 0 radical (unpaired) electrons. The first-order chi connectivity index (χ1) is 6.08. The minimum atomic E-state index is -5.42. The Morgan fingerprint density at radius 3 is 1.79 bits per heavy atom. The summed E-state index contributed by atoms with van der Waals surface area (Å²) in [7, 11) is 0. The maximum atomic E-state index is 11.6. The summed E-state index contributed by atoms with van der Waals surface area (Å²) in [5, 5.41) is 0. The van der Waals surface area contributed by atoms with Gasteiger partial charge in [0, 0.05) is 0 Å². The Kier molecular flexibility index (Phi) is 3.66. The van der Waals surface area contributed by atoms with Crippen LogP contribution in [0, 0.1) is 5.92 Å². The van der Waals surface area contributed by atoms with E-state index in [1.165, 1.54) is 0 Å². The van der Waals surface area contributed by atoms with Crippen molar-refractivity contribution in [3.05, 3.63) is 0 Å². The second kappa shape index (κ2) is 3.97. The monoisotopic (exact) mass is 222 g/mol. The van der Waals surface area contributed by atoms with E-state index in [0.29, 0.717) is 0 Å². The van der Waals surface area contributed by atoms with Gasteiger partial charge in [0.05, 0.1) is 12.3 Å². The lowest BCUT2D eigenvalue weighted by Crippen LogP contribution is -2.34. The molecule has 0 saturated heterocycles. The minimum Gasteiger partial charge on any atom is -0.303 e. The largest absolute Gasteiger partial charge is 0.450 e. The quantitative estimate of drug-likeness (QED) is 0.415. The first kappa shape index (κ1) is 12.9. The third-order valence-corrected chi connectivity index (χ3v) is 1.23. The molecule has 0 aliphatic heterocycles. The van der Waals surface area contributed by atoms with Gasteiger partial charge in [-0.25, -0.2) is 0 Å². The number of aldehydes is 1. The molecule has 2 nitrogen and oxygen atoms in total. The highest BCUT2D eigenvalue weighted by molar-refractivity contribution is 5.96. The van der Waals surface area contributed by atoms with Crippen molar-refractivity contribution in [2.24, 2.45) is 5.92 Å². The Morgan fingerprint density at radius 1 is 1.14 bits per heavy atom. The molecule has 0 aliphatic carbocycles. The number of hydrogen-bond acceptors (Lipinski definition) is 2. The van der Waals surface area contributed by atoms with E-state index in [-0.39, 0.29) is 0 Å². The van der Waals surface area contributed by atoms with Crippen LogP contribution in [0.25, 0.3) is 0 Å². The van der Waals surface area contributed by atoms with E-state index in [1.807, 2.05) is 0 Å². The Balaban J connectivity index is 4.60. The highest BCUT2D eigenvalue weighted by Gasteiger charge is 2.47. The van der Waals surface area contributed by atoms with Gasteiger partial charge < -0.3 is 4.79 Å². The van der Waals surface area contributed by atoms with Crippen LogP contribution in [0.1, 0.15) is 6.42 Å². The van der Waals surface area contributed by atoms with Gasteiger partial charge in [0.1, 0.15) is 6.29 Å². The number of alkyl halides is 6. The first-order valence-electron chi connectivity index (χ1n) is 3.21. The van der Waals surface area contributed by atoms with Crippen LogP contribution in [-0.2, 0) is 9.59 Å². The number of Topliss-reactive ketones (excluding diaryl/α,β-unsaturated/α-hetero) is 1. The van der Waals surface area contributed by atoms with Crippen molar-refractivity contribution in [3.63, 3.8) is 0 Å². The van der Waals surface area contributed by atoms with Crippen molar-refractivity contribution in [1.29, 1.82) is 0 Å². The molecule has 0 fully saturated rings. The van der Waals surface area contributed by atoms with E-state index >= 15 is 0 Å². The molecule has 1 atom stereocenters. The zero-order valence-electron chi connectivity index (χ0n) is 6.45. The van der Waals surface area contributed by atoms with Gasteiger partial charge in [-0.05, 0) is 0 Å². The SMILES string of the molecule is O=CC(CC(F)(F)F)C(=O)C(F)(F)F. The van der Waals surface area contributed by atoms with E-state index in [9.17, 15) is 35.9 Å². The van der Waals surface area contributed by atoms with E-state index in [2.05, 4.69) is 0 Å². The molecule has 0 N–H and O–H groups in total. The zero-order valence-corrected chi connectivity index (χ0v) is 6.45. The summed E-state index contributed by atoms with van der Waals surface area (Å²) in [5.74, 6) is -5.38. The Labute approximate surface area is 73.9 Å². The summed E-state index contributed by atoms with van der Waals surface area (Å²) >= 11 is 0. The smallest absolute Gasteiger partial charge is 0.303 e. The predicted molar refractivity (Wildman–Crippen MR) is 31.3 cm³/mol. The lowest BCUT2D eigenvalue weighted by atomic mass is 10.0. The van der Waals surface area contributed by atoms with Crippen LogP contribution < -0.4 is 0 Å². The predicted octanol–water partition coefficient (Wildman–Crippen LogP) is 1.89. The van der Waals surface area contributed by atoms with Crippen molar-refractivity contribution in [3.8, 4) is 0 Å². The number of carbonyl (C=O) groups is 2. The van der Waals surface area contributed by atoms with Gasteiger partial charge in [0.15, 0.2) is 0 Å². The van der Waals surface area contributed by atoms with Crippen molar-refractivity contribution in [1.82, 2.24) is 0 Å². The van der Waals surface area contributed by atoms with E-state index in [4.69, 9.17) is 0 Å². The molecule has 0 rings (SSSR count). The molecule has 0 amide bonds. The number of hydrogen-bond donors (Lipinski definition) is 0. The molecule has 0 saturated carbocycles. The summed E-state index contributed by atoms with van der Waals surface area (Å²) in [4.78, 5) is 20.1. The van der Waals surface area contributed by atoms with Gasteiger partial charge in [-0.2, -0.15) is 26.3 Å².